The highest BCUT2D eigenvalue weighted by Gasteiger charge is 2.24. The maximum atomic E-state index is 13.6. The van der Waals surface area contributed by atoms with Crippen molar-refractivity contribution in [2.24, 2.45) is 0 Å². The molecule has 0 saturated carbocycles. The van der Waals surface area contributed by atoms with Gasteiger partial charge < -0.3 is 15.2 Å². The molecule has 1 aromatic heterocycles. The molecule has 33 heavy (non-hydrogen) atoms. The van der Waals surface area contributed by atoms with Gasteiger partial charge in [0.15, 0.2) is 5.78 Å². The molecule has 3 aromatic carbocycles. The highest BCUT2D eigenvalue weighted by Crippen LogP contribution is 2.25. The van der Waals surface area contributed by atoms with Gasteiger partial charge in [-0.2, -0.15) is 0 Å². The average Bonchev–Trinajstić information content (AvgIpc) is 3.29. The fraction of sp³-hybridized carbons (Fsp3) is 0.185. The number of hydrogen-bond acceptors (Lipinski definition) is 4. The summed E-state index contributed by atoms with van der Waals surface area (Å²) in [5, 5.41) is 7.25. The maximum absolute atomic E-state index is 13.6. The summed E-state index contributed by atoms with van der Waals surface area (Å²) in [6, 6.07) is 25.4. The van der Waals surface area contributed by atoms with E-state index in [2.05, 4.69) is 20.5 Å². The highest BCUT2D eigenvalue weighted by molar-refractivity contribution is 6.10. The molecule has 166 valence electrons. The standard InChI is InChI=1S/C27H26N4O2/c32-25-18-31(15-14-28-25)21-12-10-19(11-13-21)16-30-26(20-6-2-1-3-7-20)27(33)23-17-29-24-9-5-4-8-22(23)24/h1-13,17,26,29-30H,14-16,18H2,(H,28,32). The van der Waals surface area contributed by atoms with Crippen molar-refractivity contribution in [1.82, 2.24) is 15.6 Å². The summed E-state index contributed by atoms with van der Waals surface area (Å²) in [6.07, 6.45) is 1.80. The van der Waals surface area contributed by atoms with Gasteiger partial charge in [0.2, 0.25) is 5.91 Å². The quantitative estimate of drug-likeness (QED) is 0.384. The minimum atomic E-state index is -0.462. The summed E-state index contributed by atoms with van der Waals surface area (Å²) in [5.41, 5.74) is 4.68. The van der Waals surface area contributed by atoms with Crippen molar-refractivity contribution < 1.29 is 9.59 Å². The zero-order chi connectivity index (χ0) is 22.6. The normalized spacial score (nSPS) is 14.8. The number of ketones is 1. The number of carbonyl (C=O) groups is 2. The Balaban J connectivity index is 1.35. The third kappa shape index (κ3) is 4.52. The number of amides is 1. The number of aromatic amines is 1. The number of benzene rings is 3. The molecule has 1 atom stereocenters. The van der Waals surface area contributed by atoms with Gasteiger partial charge in [-0.05, 0) is 29.3 Å². The fourth-order valence-electron chi connectivity index (χ4n) is 4.34. The molecule has 1 saturated heterocycles. The topological polar surface area (TPSA) is 77.2 Å². The lowest BCUT2D eigenvalue weighted by Crippen LogP contribution is -2.47. The van der Waals surface area contributed by atoms with Crippen LogP contribution >= 0.6 is 0 Å². The van der Waals surface area contributed by atoms with Gasteiger partial charge in [-0.1, -0.05) is 60.7 Å². The van der Waals surface area contributed by atoms with Gasteiger partial charge >= 0.3 is 0 Å². The number of rotatable bonds is 7. The summed E-state index contributed by atoms with van der Waals surface area (Å²) in [4.78, 5) is 30.6. The number of piperazine rings is 1. The first-order valence-electron chi connectivity index (χ1n) is 11.2. The predicted molar refractivity (Wildman–Crippen MR) is 130 cm³/mol. The zero-order valence-electron chi connectivity index (χ0n) is 18.3. The smallest absolute Gasteiger partial charge is 0.239 e. The molecule has 0 radical (unpaired) electrons. The van der Waals surface area contributed by atoms with E-state index in [4.69, 9.17) is 0 Å². The Hall–Kier alpha value is -3.90. The number of carbonyl (C=O) groups excluding carboxylic acids is 2. The van der Waals surface area contributed by atoms with Crippen LogP contribution in [0.1, 0.15) is 27.5 Å². The number of Topliss-reactive ketones (excluding diaryl/α,β-unsaturated/α-hetero) is 1. The lowest BCUT2D eigenvalue weighted by molar-refractivity contribution is -0.120. The van der Waals surface area contributed by atoms with Crippen LogP contribution in [-0.2, 0) is 11.3 Å². The summed E-state index contributed by atoms with van der Waals surface area (Å²) in [7, 11) is 0. The van der Waals surface area contributed by atoms with E-state index < -0.39 is 6.04 Å². The largest absolute Gasteiger partial charge is 0.360 e. The molecule has 0 spiro atoms. The molecule has 3 N–H and O–H groups in total. The van der Waals surface area contributed by atoms with Gasteiger partial charge in [0.1, 0.15) is 0 Å². The molecule has 1 amide bonds. The molecule has 6 nitrogen and oxygen atoms in total. The van der Waals surface area contributed by atoms with Crippen molar-refractivity contribution >= 4 is 28.3 Å². The predicted octanol–water partition coefficient (Wildman–Crippen LogP) is 3.82. The Morgan fingerprint density at radius 1 is 0.970 bits per heavy atom. The van der Waals surface area contributed by atoms with E-state index in [0.717, 1.165) is 34.3 Å². The molecular weight excluding hydrogens is 412 g/mol. The fourth-order valence-corrected chi connectivity index (χ4v) is 4.34. The molecule has 1 aliphatic rings. The molecule has 6 heteroatoms. The third-order valence-electron chi connectivity index (χ3n) is 6.10. The Labute approximate surface area is 192 Å². The number of para-hydroxylation sites is 1. The Bertz CT molecular complexity index is 1260. The van der Waals surface area contributed by atoms with Crippen molar-refractivity contribution in [3.8, 4) is 0 Å². The Morgan fingerprint density at radius 3 is 2.52 bits per heavy atom. The molecule has 4 aromatic rings. The second-order valence-corrected chi connectivity index (χ2v) is 8.27. The van der Waals surface area contributed by atoms with Crippen LogP contribution in [-0.4, -0.2) is 36.3 Å². The monoisotopic (exact) mass is 438 g/mol. The van der Waals surface area contributed by atoms with Crippen molar-refractivity contribution in [1.29, 1.82) is 0 Å². The number of H-pyrrole nitrogens is 1. The maximum Gasteiger partial charge on any atom is 0.239 e. The SMILES string of the molecule is O=C1CN(c2ccc(CNC(C(=O)c3c[nH]c4ccccc34)c3ccccc3)cc2)CCN1. The number of nitrogens with one attached hydrogen (secondary N) is 3. The van der Waals surface area contributed by atoms with Crippen molar-refractivity contribution in [2.75, 3.05) is 24.5 Å². The van der Waals surface area contributed by atoms with Crippen LogP contribution in [0.5, 0.6) is 0 Å². The molecule has 2 heterocycles. The van der Waals surface area contributed by atoms with Crippen LogP contribution in [0.4, 0.5) is 5.69 Å². The van der Waals surface area contributed by atoms with Crippen LogP contribution in [0, 0.1) is 0 Å². The van der Waals surface area contributed by atoms with E-state index in [1.807, 2.05) is 78.9 Å². The summed E-state index contributed by atoms with van der Waals surface area (Å²) in [5.74, 6) is 0.0862. The number of fused-ring (bicyclic) bond motifs is 1. The number of nitrogens with zero attached hydrogens (tertiary/aromatic N) is 1. The summed E-state index contributed by atoms with van der Waals surface area (Å²) in [6.45, 7) is 2.40. The van der Waals surface area contributed by atoms with Crippen molar-refractivity contribution in [2.45, 2.75) is 12.6 Å². The second-order valence-electron chi connectivity index (χ2n) is 8.27. The number of anilines is 1. The second kappa shape index (κ2) is 9.30. The van der Waals surface area contributed by atoms with Gasteiger partial charge in [0.25, 0.3) is 0 Å². The van der Waals surface area contributed by atoms with Gasteiger partial charge in [-0.15, -0.1) is 0 Å². The van der Waals surface area contributed by atoms with Gasteiger partial charge in [0.05, 0.1) is 12.6 Å². The highest BCUT2D eigenvalue weighted by atomic mass is 16.2. The lowest BCUT2D eigenvalue weighted by Gasteiger charge is -2.28. The Kier molecular flexibility index (Phi) is 5.91. The molecular formula is C27H26N4O2. The van der Waals surface area contributed by atoms with E-state index in [1.54, 1.807) is 6.20 Å². The van der Waals surface area contributed by atoms with Crippen LogP contribution in [0.25, 0.3) is 10.9 Å². The van der Waals surface area contributed by atoms with E-state index in [1.165, 1.54) is 0 Å². The van der Waals surface area contributed by atoms with Gasteiger partial charge in [-0.25, -0.2) is 0 Å². The third-order valence-corrected chi connectivity index (χ3v) is 6.10. The van der Waals surface area contributed by atoms with E-state index in [9.17, 15) is 9.59 Å². The van der Waals surface area contributed by atoms with Crippen LogP contribution in [0.15, 0.2) is 85.1 Å². The number of aromatic nitrogens is 1. The van der Waals surface area contributed by atoms with Crippen LogP contribution in [0.3, 0.4) is 0 Å². The van der Waals surface area contributed by atoms with Crippen LogP contribution < -0.4 is 15.5 Å². The zero-order valence-corrected chi connectivity index (χ0v) is 18.3. The Morgan fingerprint density at radius 2 is 1.73 bits per heavy atom. The lowest BCUT2D eigenvalue weighted by atomic mass is 9.96. The van der Waals surface area contributed by atoms with Crippen molar-refractivity contribution in [3.05, 3.63) is 102 Å². The minimum Gasteiger partial charge on any atom is -0.360 e. The minimum absolute atomic E-state index is 0.0367. The number of hydrogen-bond donors (Lipinski definition) is 3. The first-order valence-corrected chi connectivity index (χ1v) is 11.2. The van der Waals surface area contributed by atoms with E-state index in [-0.39, 0.29) is 11.7 Å². The molecule has 1 unspecified atom stereocenters. The molecule has 0 bridgehead atoms. The first kappa shape index (κ1) is 21.0. The van der Waals surface area contributed by atoms with Crippen molar-refractivity contribution in [3.63, 3.8) is 0 Å². The molecule has 1 fully saturated rings. The van der Waals surface area contributed by atoms with Gasteiger partial charge in [-0.3, -0.25) is 14.9 Å². The average molecular weight is 439 g/mol. The molecule has 5 rings (SSSR count). The summed E-state index contributed by atoms with van der Waals surface area (Å²) < 4.78 is 0. The first-order chi connectivity index (χ1) is 16.2. The molecule has 1 aliphatic heterocycles. The summed E-state index contributed by atoms with van der Waals surface area (Å²) >= 11 is 0. The van der Waals surface area contributed by atoms with Gasteiger partial charge in [0, 0.05) is 48.0 Å². The van der Waals surface area contributed by atoms with E-state index >= 15 is 0 Å². The van der Waals surface area contributed by atoms with E-state index in [0.29, 0.717) is 25.2 Å². The van der Waals surface area contributed by atoms with Crippen LogP contribution in [0.2, 0.25) is 0 Å². The molecule has 0 aliphatic carbocycles.